The van der Waals surface area contributed by atoms with E-state index < -0.39 is 0 Å². The van der Waals surface area contributed by atoms with Crippen molar-refractivity contribution >= 4 is 28.8 Å². The van der Waals surface area contributed by atoms with Gasteiger partial charge in [-0.05, 0) is 48.4 Å². The van der Waals surface area contributed by atoms with Gasteiger partial charge in [-0.25, -0.2) is 4.98 Å². The molecule has 0 bridgehead atoms. The highest BCUT2D eigenvalue weighted by Crippen LogP contribution is 2.38. The van der Waals surface area contributed by atoms with Gasteiger partial charge in [0.05, 0.1) is 16.2 Å². The molecule has 2 heterocycles. The van der Waals surface area contributed by atoms with Gasteiger partial charge in [-0.15, -0.1) is 11.3 Å². The van der Waals surface area contributed by atoms with E-state index >= 15 is 0 Å². The van der Waals surface area contributed by atoms with Crippen LogP contribution in [-0.2, 0) is 13.0 Å². The van der Waals surface area contributed by atoms with E-state index in [0.29, 0.717) is 60.6 Å². The zero-order chi connectivity index (χ0) is 20.1. The fraction of sp³-hybridized carbons (Fsp3) is 0.238. The summed E-state index contributed by atoms with van der Waals surface area (Å²) in [4.78, 5) is 16.5. The molecule has 0 spiro atoms. The van der Waals surface area contributed by atoms with Crippen molar-refractivity contribution in [3.63, 3.8) is 0 Å². The van der Waals surface area contributed by atoms with E-state index in [1.807, 2.05) is 17.5 Å². The summed E-state index contributed by atoms with van der Waals surface area (Å²) in [5, 5.41) is 5.38. The Balaban J connectivity index is 1.28. The van der Waals surface area contributed by atoms with E-state index in [-0.39, 0.29) is 5.91 Å². The van der Waals surface area contributed by atoms with Crippen LogP contribution < -0.4 is 19.5 Å². The SMILES string of the molecule is O=C(NCCc1cc(Cl)c2c(c1)OCCO2)c1ccc(OCc2cscn2)cc1. The smallest absolute Gasteiger partial charge is 0.251 e. The minimum Gasteiger partial charge on any atom is -0.487 e. The Kier molecular flexibility index (Phi) is 6.17. The van der Waals surface area contributed by atoms with Gasteiger partial charge in [0.25, 0.3) is 5.91 Å². The lowest BCUT2D eigenvalue weighted by Crippen LogP contribution is -2.25. The van der Waals surface area contributed by atoms with Gasteiger partial charge in [-0.2, -0.15) is 0 Å². The van der Waals surface area contributed by atoms with E-state index in [1.165, 1.54) is 11.3 Å². The molecule has 150 valence electrons. The number of thiazole rings is 1. The van der Waals surface area contributed by atoms with Gasteiger partial charge in [0.1, 0.15) is 25.6 Å². The summed E-state index contributed by atoms with van der Waals surface area (Å²) in [5.74, 6) is 1.79. The average molecular weight is 431 g/mol. The highest BCUT2D eigenvalue weighted by atomic mass is 35.5. The molecular formula is C21H19ClN2O4S. The molecule has 0 radical (unpaired) electrons. The molecule has 0 unspecified atom stereocenters. The molecule has 0 saturated carbocycles. The molecule has 29 heavy (non-hydrogen) atoms. The predicted molar refractivity (Wildman–Crippen MR) is 111 cm³/mol. The first-order chi connectivity index (χ1) is 14.2. The summed E-state index contributed by atoms with van der Waals surface area (Å²) < 4.78 is 16.8. The maximum Gasteiger partial charge on any atom is 0.251 e. The molecule has 4 rings (SSSR count). The molecule has 1 amide bonds. The number of fused-ring (bicyclic) bond motifs is 1. The lowest BCUT2D eigenvalue weighted by Gasteiger charge is -2.20. The van der Waals surface area contributed by atoms with E-state index in [0.717, 1.165) is 11.3 Å². The third kappa shape index (κ3) is 4.99. The second-order valence-corrected chi connectivity index (χ2v) is 7.53. The van der Waals surface area contributed by atoms with Crippen molar-refractivity contribution in [2.45, 2.75) is 13.0 Å². The Bertz CT molecular complexity index is 977. The largest absolute Gasteiger partial charge is 0.487 e. The quantitative estimate of drug-likeness (QED) is 0.610. The maximum absolute atomic E-state index is 12.4. The number of benzene rings is 2. The Morgan fingerprint density at radius 2 is 2.03 bits per heavy atom. The third-order valence-electron chi connectivity index (χ3n) is 4.34. The van der Waals surface area contributed by atoms with Crippen LogP contribution in [0.5, 0.6) is 17.2 Å². The number of carbonyl (C=O) groups excluding carboxylic acids is 1. The van der Waals surface area contributed by atoms with Crippen LogP contribution in [0.4, 0.5) is 0 Å². The van der Waals surface area contributed by atoms with Crippen molar-refractivity contribution in [2.24, 2.45) is 0 Å². The highest BCUT2D eigenvalue weighted by molar-refractivity contribution is 7.07. The van der Waals surface area contributed by atoms with Crippen molar-refractivity contribution in [3.8, 4) is 17.2 Å². The average Bonchev–Trinajstić information content (AvgIpc) is 3.26. The topological polar surface area (TPSA) is 69.7 Å². The number of hydrogen-bond acceptors (Lipinski definition) is 6. The molecule has 6 nitrogen and oxygen atoms in total. The second kappa shape index (κ2) is 9.15. The summed E-state index contributed by atoms with van der Waals surface area (Å²) in [6.45, 7) is 1.90. The maximum atomic E-state index is 12.4. The summed E-state index contributed by atoms with van der Waals surface area (Å²) in [5.41, 5.74) is 4.21. The number of nitrogens with one attached hydrogen (secondary N) is 1. The van der Waals surface area contributed by atoms with Gasteiger partial charge in [-0.3, -0.25) is 4.79 Å². The highest BCUT2D eigenvalue weighted by Gasteiger charge is 2.16. The van der Waals surface area contributed by atoms with Gasteiger partial charge in [0.15, 0.2) is 11.5 Å². The Morgan fingerprint density at radius 1 is 1.21 bits per heavy atom. The summed E-state index contributed by atoms with van der Waals surface area (Å²) >= 11 is 7.78. The van der Waals surface area contributed by atoms with E-state index in [4.69, 9.17) is 25.8 Å². The predicted octanol–water partition coefficient (Wildman–Crippen LogP) is 4.12. The molecule has 0 fully saturated rings. The van der Waals surface area contributed by atoms with Crippen LogP contribution in [-0.4, -0.2) is 30.6 Å². The lowest BCUT2D eigenvalue weighted by atomic mass is 10.1. The van der Waals surface area contributed by atoms with Crippen LogP contribution in [0.15, 0.2) is 47.3 Å². The number of rotatable bonds is 7. The van der Waals surface area contributed by atoms with Gasteiger partial charge < -0.3 is 19.5 Å². The van der Waals surface area contributed by atoms with Gasteiger partial charge >= 0.3 is 0 Å². The van der Waals surface area contributed by atoms with Crippen LogP contribution in [0.25, 0.3) is 0 Å². The number of hydrogen-bond donors (Lipinski definition) is 1. The number of carbonyl (C=O) groups is 1. The van der Waals surface area contributed by atoms with Gasteiger partial charge in [0.2, 0.25) is 0 Å². The molecule has 1 N–H and O–H groups in total. The molecular weight excluding hydrogens is 412 g/mol. The molecule has 0 aliphatic carbocycles. The van der Waals surface area contributed by atoms with E-state index in [2.05, 4.69) is 10.3 Å². The van der Waals surface area contributed by atoms with E-state index in [9.17, 15) is 4.79 Å². The van der Waals surface area contributed by atoms with Crippen molar-refractivity contribution in [1.29, 1.82) is 0 Å². The van der Waals surface area contributed by atoms with Crippen LogP contribution in [0, 0.1) is 0 Å². The fourth-order valence-corrected chi connectivity index (χ4v) is 3.73. The van der Waals surface area contributed by atoms with Crippen LogP contribution in [0.2, 0.25) is 5.02 Å². The zero-order valence-corrected chi connectivity index (χ0v) is 17.1. The fourth-order valence-electron chi connectivity index (χ4n) is 2.90. The number of halogens is 1. The number of ether oxygens (including phenoxy) is 3. The summed E-state index contributed by atoms with van der Waals surface area (Å²) in [6.07, 6.45) is 0.636. The number of nitrogens with zero attached hydrogens (tertiary/aromatic N) is 1. The Hall–Kier alpha value is -2.77. The van der Waals surface area contributed by atoms with Crippen molar-refractivity contribution < 1.29 is 19.0 Å². The molecule has 0 saturated heterocycles. The normalized spacial score (nSPS) is 12.4. The van der Waals surface area contributed by atoms with E-state index in [1.54, 1.807) is 29.8 Å². The summed E-state index contributed by atoms with van der Waals surface area (Å²) in [7, 11) is 0. The van der Waals surface area contributed by atoms with Crippen LogP contribution in [0.1, 0.15) is 21.6 Å². The molecule has 0 atom stereocenters. The molecule has 1 aliphatic rings. The lowest BCUT2D eigenvalue weighted by molar-refractivity contribution is 0.0954. The first kappa shape index (κ1) is 19.5. The second-order valence-electron chi connectivity index (χ2n) is 6.40. The Morgan fingerprint density at radius 3 is 2.83 bits per heavy atom. The van der Waals surface area contributed by atoms with Crippen LogP contribution in [0.3, 0.4) is 0 Å². The minimum atomic E-state index is -0.139. The molecule has 2 aromatic carbocycles. The first-order valence-corrected chi connectivity index (χ1v) is 10.5. The molecule has 1 aliphatic heterocycles. The standard InChI is InChI=1S/C21H19ClN2O4S/c22-18-9-14(10-19-20(18)27-8-7-26-19)5-6-23-21(25)15-1-3-17(4-2-15)28-11-16-12-29-13-24-16/h1-4,9-10,12-13H,5-8,11H2,(H,23,25). The monoisotopic (exact) mass is 430 g/mol. The van der Waals surface area contributed by atoms with Gasteiger partial charge in [0, 0.05) is 17.5 Å². The first-order valence-electron chi connectivity index (χ1n) is 9.15. The summed E-state index contributed by atoms with van der Waals surface area (Å²) in [6, 6.07) is 10.8. The van der Waals surface area contributed by atoms with Crippen molar-refractivity contribution in [1.82, 2.24) is 10.3 Å². The van der Waals surface area contributed by atoms with Gasteiger partial charge in [-0.1, -0.05) is 11.6 Å². The molecule has 1 aromatic heterocycles. The zero-order valence-electron chi connectivity index (χ0n) is 15.5. The van der Waals surface area contributed by atoms with Crippen molar-refractivity contribution in [3.05, 3.63) is 69.1 Å². The third-order valence-corrected chi connectivity index (χ3v) is 5.26. The van der Waals surface area contributed by atoms with Crippen molar-refractivity contribution in [2.75, 3.05) is 19.8 Å². The minimum absolute atomic E-state index is 0.139. The molecule has 3 aromatic rings. The number of amides is 1. The molecule has 8 heteroatoms. The Labute approximate surface area is 177 Å². The number of aromatic nitrogens is 1. The van der Waals surface area contributed by atoms with Crippen LogP contribution >= 0.6 is 22.9 Å².